The molecule has 0 saturated heterocycles. The van der Waals surface area contributed by atoms with E-state index in [1.165, 1.54) is 15.7 Å². The molecule has 0 radical (unpaired) electrons. The molecule has 21 heavy (non-hydrogen) atoms. The highest BCUT2D eigenvalue weighted by Gasteiger charge is 2.23. The molecule has 0 aliphatic heterocycles. The van der Waals surface area contributed by atoms with E-state index in [9.17, 15) is 8.42 Å². The van der Waals surface area contributed by atoms with Gasteiger partial charge in [-0.3, -0.25) is 9.08 Å². The topological polar surface area (TPSA) is 120 Å². The molecule has 3 aromatic rings. The summed E-state index contributed by atoms with van der Waals surface area (Å²) in [6, 6.07) is 0. The quantitative estimate of drug-likeness (QED) is 0.612. The molecule has 0 aliphatic carbocycles. The van der Waals surface area contributed by atoms with Crippen LogP contribution in [-0.2, 0) is 16.6 Å². The minimum atomic E-state index is -3.70. The van der Waals surface area contributed by atoms with Crippen molar-refractivity contribution in [2.45, 2.75) is 18.0 Å². The van der Waals surface area contributed by atoms with Crippen molar-refractivity contribution in [3.05, 3.63) is 24.0 Å². The maximum atomic E-state index is 12.3. The van der Waals surface area contributed by atoms with E-state index in [0.717, 1.165) is 0 Å². The number of hydrogen-bond donors (Lipinski definition) is 2. The van der Waals surface area contributed by atoms with E-state index >= 15 is 0 Å². The highest BCUT2D eigenvalue weighted by atomic mass is 32.2. The molecule has 9 nitrogen and oxygen atoms in total. The first-order chi connectivity index (χ1) is 10.1. The highest BCUT2D eigenvalue weighted by Crippen LogP contribution is 2.22. The fourth-order valence-electron chi connectivity index (χ4n) is 1.92. The Morgan fingerprint density at radius 2 is 2.24 bits per heavy atom. The Morgan fingerprint density at radius 3 is 3.00 bits per heavy atom. The van der Waals surface area contributed by atoms with Crippen LogP contribution in [0.1, 0.15) is 6.42 Å². The van der Waals surface area contributed by atoms with Crippen molar-refractivity contribution in [3.63, 3.8) is 0 Å². The summed E-state index contributed by atoms with van der Waals surface area (Å²) in [5, 5.41) is 9.22. The van der Waals surface area contributed by atoms with Gasteiger partial charge in [-0.25, -0.2) is 18.1 Å². The lowest BCUT2D eigenvalue weighted by Crippen LogP contribution is -2.27. The summed E-state index contributed by atoms with van der Waals surface area (Å²) < 4.78 is 30.2. The van der Waals surface area contributed by atoms with E-state index in [2.05, 4.69) is 20.0 Å². The number of hydrogen-bond acceptors (Lipinski definition) is 7. The average molecular weight is 327 g/mol. The predicted octanol–water partition coefficient (Wildman–Crippen LogP) is -0.0619. The second kappa shape index (κ2) is 5.42. The van der Waals surface area contributed by atoms with Gasteiger partial charge in [-0.15, -0.1) is 16.4 Å². The summed E-state index contributed by atoms with van der Waals surface area (Å²) in [4.78, 5) is 4.58. The molecular weight excluding hydrogens is 314 g/mol. The molecule has 3 N–H and O–H groups in total. The van der Waals surface area contributed by atoms with Crippen LogP contribution in [0.4, 0.5) is 5.82 Å². The van der Waals surface area contributed by atoms with Gasteiger partial charge < -0.3 is 5.73 Å². The molecule has 3 rings (SSSR count). The molecule has 0 aromatic carbocycles. The summed E-state index contributed by atoms with van der Waals surface area (Å²) in [5.74, 6) is 0.00521. The normalized spacial score (nSPS) is 12.2. The standard InChI is InChI=1S/C10H13N7O2S2/c11-8-9(17-6-7-20-10(17)14-8)21(18,19)13-2-1-4-16-5-3-12-15-16/h3,5-7,13H,1-2,4,11H2. The van der Waals surface area contributed by atoms with E-state index in [1.807, 2.05) is 0 Å². The van der Waals surface area contributed by atoms with Crippen molar-refractivity contribution in [1.29, 1.82) is 0 Å². The molecule has 3 aromatic heterocycles. The van der Waals surface area contributed by atoms with E-state index in [1.54, 1.807) is 28.7 Å². The summed E-state index contributed by atoms with van der Waals surface area (Å²) in [6.45, 7) is 0.858. The number of sulfonamides is 1. The number of nitrogen functional groups attached to an aromatic ring is 1. The Hall–Kier alpha value is -1.98. The molecule has 0 bridgehead atoms. The minimum Gasteiger partial charge on any atom is -0.381 e. The average Bonchev–Trinajstić information content (AvgIpc) is 3.10. The zero-order valence-electron chi connectivity index (χ0n) is 10.9. The van der Waals surface area contributed by atoms with Crippen molar-refractivity contribution in [3.8, 4) is 0 Å². The second-order valence-electron chi connectivity index (χ2n) is 4.28. The second-order valence-corrected chi connectivity index (χ2v) is 6.83. The number of thiazole rings is 1. The van der Waals surface area contributed by atoms with Gasteiger partial charge in [0, 0.05) is 30.9 Å². The van der Waals surface area contributed by atoms with E-state index < -0.39 is 10.0 Å². The van der Waals surface area contributed by atoms with Crippen LogP contribution in [0.5, 0.6) is 0 Å². The Kier molecular flexibility index (Phi) is 3.61. The first-order valence-corrected chi connectivity index (χ1v) is 8.49. The number of nitrogens with two attached hydrogens (primary N) is 1. The molecule has 0 aliphatic rings. The van der Waals surface area contributed by atoms with Crippen molar-refractivity contribution in [2.75, 3.05) is 12.3 Å². The number of anilines is 1. The zero-order chi connectivity index (χ0) is 14.9. The van der Waals surface area contributed by atoms with Crippen LogP contribution in [0.25, 0.3) is 4.96 Å². The third-order valence-corrected chi connectivity index (χ3v) is 5.08. The number of imidazole rings is 1. The fraction of sp³-hybridized carbons (Fsp3) is 0.300. The van der Waals surface area contributed by atoms with Gasteiger partial charge in [-0.1, -0.05) is 5.21 Å². The van der Waals surface area contributed by atoms with Crippen LogP contribution in [0.15, 0.2) is 29.0 Å². The molecule has 0 atom stereocenters. The number of nitrogens with one attached hydrogen (secondary N) is 1. The van der Waals surface area contributed by atoms with Crippen molar-refractivity contribution >= 4 is 32.1 Å². The molecule has 3 heterocycles. The first kappa shape index (κ1) is 14.0. The Balaban J connectivity index is 1.69. The number of nitrogens with zero attached hydrogens (tertiary/aromatic N) is 5. The molecule has 0 spiro atoms. The van der Waals surface area contributed by atoms with Crippen LogP contribution >= 0.6 is 11.3 Å². The molecule has 0 saturated carbocycles. The third kappa shape index (κ3) is 2.75. The van der Waals surface area contributed by atoms with Gasteiger partial charge in [0.1, 0.15) is 0 Å². The van der Waals surface area contributed by atoms with E-state index in [0.29, 0.717) is 17.9 Å². The van der Waals surface area contributed by atoms with Gasteiger partial charge >= 0.3 is 0 Å². The molecule has 0 fully saturated rings. The summed E-state index contributed by atoms with van der Waals surface area (Å²) >= 11 is 1.33. The molecule has 11 heteroatoms. The lowest BCUT2D eigenvalue weighted by molar-refractivity contribution is 0.541. The Bertz CT molecular complexity index is 834. The number of aromatic nitrogens is 5. The van der Waals surface area contributed by atoms with Crippen LogP contribution in [-0.4, -0.2) is 39.3 Å². The first-order valence-electron chi connectivity index (χ1n) is 6.13. The van der Waals surface area contributed by atoms with Gasteiger partial charge in [0.25, 0.3) is 10.0 Å². The maximum absolute atomic E-state index is 12.3. The predicted molar refractivity (Wildman–Crippen MR) is 77.3 cm³/mol. The summed E-state index contributed by atoms with van der Waals surface area (Å²) in [5.41, 5.74) is 5.70. The van der Waals surface area contributed by atoms with Crippen molar-refractivity contribution in [1.82, 2.24) is 29.1 Å². The van der Waals surface area contributed by atoms with Gasteiger partial charge in [0.05, 0.1) is 6.20 Å². The fourth-order valence-corrected chi connectivity index (χ4v) is 3.97. The Morgan fingerprint density at radius 1 is 1.38 bits per heavy atom. The van der Waals surface area contributed by atoms with E-state index in [-0.39, 0.29) is 17.4 Å². The van der Waals surface area contributed by atoms with Crippen LogP contribution in [0.3, 0.4) is 0 Å². The number of aryl methyl sites for hydroxylation is 1. The lowest BCUT2D eigenvalue weighted by atomic mass is 10.4. The third-order valence-electron chi connectivity index (χ3n) is 2.83. The molecule has 0 amide bonds. The summed E-state index contributed by atoms with van der Waals surface area (Å²) in [7, 11) is -3.70. The van der Waals surface area contributed by atoms with Gasteiger partial charge in [0.2, 0.25) is 0 Å². The lowest BCUT2D eigenvalue weighted by Gasteiger charge is -2.06. The Labute approximate surface area is 124 Å². The van der Waals surface area contributed by atoms with Crippen LogP contribution in [0.2, 0.25) is 0 Å². The van der Waals surface area contributed by atoms with Crippen LogP contribution < -0.4 is 10.5 Å². The number of rotatable bonds is 6. The van der Waals surface area contributed by atoms with Crippen molar-refractivity contribution < 1.29 is 8.42 Å². The van der Waals surface area contributed by atoms with Crippen molar-refractivity contribution in [2.24, 2.45) is 0 Å². The molecular formula is C10H13N7O2S2. The van der Waals surface area contributed by atoms with Gasteiger partial charge in [0.15, 0.2) is 15.8 Å². The zero-order valence-corrected chi connectivity index (χ0v) is 12.5. The monoisotopic (exact) mass is 327 g/mol. The van der Waals surface area contributed by atoms with E-state index in [4.69, 9.17) is 5.73 Å². The molecule has 112 valence electrons. The minimum absolute atomic E-state index is 0.00521. The smallest absolute Gasteiger partial charge is 0.260 e. The summed E-state index contributed by atoms with van der Waals surface area (Å²) in [6.07, 6.45) is 5.52. The van der Waals surface area contributed by atoms with Crippen LogP contribution in [0, 0.1) is 0 Å². The van der Waals surface area contributed by atoms with Gasteiger partial charge in [-0.2, -0.15) is 0 Å². The number of fused-ring (bicyclic) bond motifs is 1. The highest BCUT2D eigenvalue weighted by molar-refractivity contribution is 7.89. The van der Waals surface area contributed by atoms with Gasteiger partial charge in [-0.05, 0) is 6.42 Å². The molecule has 0 unspecified atom stereocenters. The largest absolute Gasteiger partial charge is 0.381 e. The SMILES string of the molecule is Nc1nc2sccn2c1S(=O)(=O)NCCCn1ccnn1. The maximum Gasteiger partial charge on any atom is 0.260 e.